The van der Waals surface area contributed by atoms with Crippen LogP contribution in [0.25, 0.3) is 0 Å². The number of amides is 1. The van der Waals surface area contributed by atoms with Crippen molar-refractivity contribution in [1.82, 2.24) is 5.32 Å². The second-order valence-electron chi connectivity index (χ2n) is 16.7. The molecule has 8 heteroatoms. The smallest absolute Gasteiger partial charge is 0.405 e. The monoisotopic (exact) mass is 609 g/mol. The van der Waals surface area contributed by atoms with Crippen molar-refractivity contribution >= 4 is 20.1 Å². The topological polar surface area (TPSA) is 66.0 Å². The first kappa shape index (κ1) is 30.2. The van der Waals surface area contributed by atoms with E-state index in [0.29, 0.717) is 29.2 Å². The van der Waals surface area contributed by atoms with Crippen molar-refractivity contribution in [2.45, 2.75) is 110 Å². The summed E-state index contributed by atoms with van der Waals surface area (Å²) in [6.07, 6.45) is 4.71. The van der Waals surface area contributed by atoms with Gasteiger partial charge >= 0.3 is 14.2 Å². The fourth-order valence-corrected chi connectivity index (χ4v) is 11.5. The van der Waals surface area contributed by atoms with Gasteiger partial charge in [-0.15, -0.1) is 0 Å². The minimum absolute atomic E-state index is 0. The Kier molecular flexibility index (Phi) is 6.37. The normalized spacial score (nSPS) is 42.2. The van der Waals surface area contributed by atoms with Crippen LogP contribution >= 0.6 is 0 Å². The molecule has 4 unspecified atom stereocenters. The summed E-state index contributed by atoms with van der Waals surface area (Å²) in [6.45, 7) is 14.2. The molecule has 11 rings (SSSR count). The fourth-order valence-electron chi connectivity index (χ4n) is 11.5. The number of hydrogen-bond donors (Lipinski definition) is 1. The number of fused-ring (bicyclic) bond motifs is 2. The first-order chi connectivity index (χ1) is 20.9. The van der Waals surface area contributed by atoms with Crippen LogP contribution in [0.5, 0.6) is 0 Å². The number of carbonyl (C=O) groups is 1. The number of hydrogen-bond acceptors (Lipinski definition) is 5. The van der Waals surface area contributed by atoms with Gasteiger partial charge in [-0.2, -0.15) is 0 Å². The zero-order valence-electron chi connectivity index (χ0n) is 27.2. The van der Waals surface area contributed by atoms with Crippen molar-refractivity contribution in [2.24, 2.45) is 34.5 Å². The minimum Gasteiger partial charge on any atom is -0.405 e. The number of rotatable bonds is 3. The van der Waals surface area contributed by atoms with Gasteiger partial charge in [0.1, 0.15) is 0 Å². The van der Waals surface area contributed by atoms with Crippen molar-refractivity contribution in [2.75, 3.05) is 7.05 Å². The van der Waals surface area contributed by atoms with Crippen molar-refractivity contribution in [3.8, 4) is 0 Å². The molecule has 0 radical (unpaired) electrons. The average Bonchev–Trinajstić information content (AvgIpc) is 3.54. The van der Waals surface area contributed by atoms with Crippen LogP contribution in [0.1, 0.15) is 119 Å². The summed E-state index contributed by atoms with van der Waals surface area (Å²) >= 11 is 0. The second-order valence-corrected chi connectivity index (χ2v) is 16.7. The molecule has 2 saturated heterocycles. The van der Waals surface area contributed by atoms with Gasteiger partial charge in [0.25, 0.3) is 5.91 Å². The van der Waals surface area contributed by atoms with Crippen molar-refractivity contribution in [1.29, 1.82) is 0 Å². The second kappa shape index (κ2) is 9.49. The van der Waals surface area contributed by atoms with Gasteiger partial charge in [0.15, 0.2) is 0 Å². The minimum atomic E-state index is -0.431. The van der Waals surface area contributed by atoms with Crippen LogP contribution in [0.15, 0.2) is 42.5 Å². The Hall–Kier alpha value is -2.12. The molecule has 4 bridgehead atoms. The van der Waals surface area contributed by atoms with E-state index in [1.165, 1.54) is 24.0 Å². The van der Waals surface area contributed by atoms with Gasteiger partial charge in [0.2, 0.25) is 0 Å². The van der Waals surface area contributed by atoms with E-state index in [0.717, 1.165) is 24.0 Å². The average molecular weight is 609 g/mol. The van der Waals surface area contributed by atoms with Crippen LogP contribution in [0.4, 0.5) is 0 Å². The van der Waals surface area contributed by atoms with Gasteiger partial charge in [-0.05, 0) is 108 Å². The van der Waals surface area contributed by atoms with Gasteiger partial charge < -0.3 is 23.9 Å². The maximum Gasteiger partial charge on any atom is 0.470 e. The molecule has 1 amide bonds. The highest BCUT2D eigenvalue weighted by molar-refractivity contribution is 6.51. The van der Waals surface area contributed by atoms with Crippen LogP contribution < -0.4 is 5.32 Å². The van der Waals surface area contributed by atoms with Gasteiger partial charge in [-0.3, -0.25) is 4.79 Å². The lowest BCUT2D eigenvalue weighted by atomic mass is 9.43. The molecule has 6 nitrogen and oxygen atoms in total. The molecule has 2 aromatic carbocycles. The predicted molar refractivity (Wildman–Crippen MR) is 177 cm³/mol. The fraction of sp³-hybridized carbons (Fsp3) is 0.649. The molecule has 0 aromatic heterocycles. The zero-order valence-corrected chi connectivity index (χ0v) is 27.2. The summed E-state index contributed by atoms with van der Waals surface area (Å²) in [7, 11) is 0.861. The third kappa shape index (κ3) is 3.72. The van der Waals surface area contributed by atoms with E-state index in [4.69, 9.17) is 18.6 Å². The number of carbonyl (C=O) groups excluding carboxylic acids is 1. The molecule has 45 heavy (non-hydrogen) atoms. The van der Waals surface area contributed by atoms with E-state index in [2.05, 4.69) is 83.3 Å². The Morgan fingerprint density at radius 1 is 0.711 bits per heavy atom. The maximum absolute atomic E-state index is 13.0. The Balaban J connectivity index is 0.00000300. The van der Waals surface area contributed by atoms with Crippen molar-refractivity contribution in [3.05, 3.63) is 70.3 Å². The predicted octanol–water partition coefficient (Wildman–Crippen LogP) is 6.79. The van der Waals surface area contributed by atoms with E-state index in [1.807, 2.05) is 6.07 Å². The zero-order chi connectivity index (χ0) is 30.6. The van der Waals surface area contributed by atoms with E-state index in [1.54, 1.807) is 7.05 Å². The molecule has 0 spiro atoms. The lowest BCUT2D eigenvalue weighted by Gasteiger charge is -2.64. The number of nitrogens with one attached hydrogen (secondary N) is 1. The molecular formula is C37H49B2NO5. The first-order valence-corrected chi connectivity index (χ1v) is 17.0. The quantitative estimate of drug-likeness (QED) is 0.388. The van der Waals surface area contributed by atoms with Crippen LogP contribution in [0, 0.1) is 34.5 Å². The van der Waals surface area contributed by atoms with E-state index >= 15 is 0 Å². The lowest BCUT2D eigenvalue weighted by Crippen LogP contribution is -2.65. The maximum atomic E-state index is 13.0. The molecule has 8 fully saturated rings. The molecule has 2 aliphatic heterocycles. The van der Waals surface area contributed by atoms with Crippen LogP contribution in [0.2, 0.25) is 0 Å². The Bertz CT molecular complexity index is 1580. The molecule has 238 valence electrons. The number of benzene rings is 2. The third-order valence-electron chi connectivity index (χ3n) is 14.4. The molecular weight excluding hydrogens is 560 g/mol. The third-order valence-corrected chi connectivity index (χ3v) is 14.4. The highest BCUT2D eigenvalue weighted by atomic mass is 16.7. The van der Waals surface area contributed by atoms with E-state index in [-0.39, 0.29) is 59.2 Å². The van der Waals surface area contributed by atoms with E-state index in [9.17, 15) is 4.79 Å². The van der Waals surface area contributed by atoms with Crippen molar-refractivity contribution in [3.63, 3.8) is 0 Å². The van der Waals surface area contributed by atoms with Gasteiger partial charge in [-0.1, -0.05) is 65.5 Å². The van der Waals surface area contributed by atoms with Crippen molar-refractivity contribution < 1.29 is 23.4 Å². The molecule has 10 atom stereocenters. The van der Waals surface area contributed by atoms with E-state index < -0.39 is 14.2 Å². The first-order valence-electron chi connectivity index (χ1n) is 17.0. The molecule has 7 aliphatic carbocycles. The standard InChI is InChI=1S/C36H45B2NO5.CH4/c1-33(2)20-15-26(33)35(5)28(17-20)41-37(43-35)30-22-10-8-9-11-23(22)31(25-14-19(32(40)39-7)12-13-24(25)30)38-42-29-18-21-16-27(34(21,3)4)36(29,6)44-38;/h8-14,20-21,26-31H,15-18H2,1-7H3,(H,39,40);1H4/t20-,21-,26-,27-,28?,29?,30?,31?,35-,36-;/m0./s1. The highest BCUT2D eigenvalue weighted by Gasteiger charge is 2.71. The Morgan fingerprint density at radius 2 is 1.18 bits per heavy atom. The SMILES string of the molecule is C.CNC(=O)c1ccc2c(c1)C(B1OC3C[C@@H]4C[C@@H](C4(C)C)[C@]3(C)O1)c1ccccc1C2B1OC2C[C@@H]3C[C@@H](C3(C)C)[C@]2(C)O1. The van der Waals surface area contributed by atoms with Crippen LogP contribution in [-0.4, -0.2) is 50.6 Å². The molecule has 6 saturated carbocycles. The summed E-state index contributed by atoms with van der Waals surface area (Å²) in [4.78, 5) is 13.0. The molecule has 2 heterocycles. The molecule has 2 aromatic rings. The molecule has 9 aliphatic rings. The van der Waals surface area contributed by atoms with Gasteiger partial charge in [0.05, 0.1) is 23.4 Å². The summed E-state index contributed by atoms with van der Waals surface area (Å²) in [5.74, 6) is 1.99. The summed E-state index contributed by atoms with van der Waals surface area (Å²) in [5.41, 5.74) is 5.22. The van der Waals surface area contributed by atoms with Crippen LogP contribution in [-0.2, 0) is 18.6 Å². The Labute approximate surface area is 270 Å². The highest BCUT2D eigenvalue weighted by Crippen LogP contribution is 2.68. The summed E-state index contributed by atoms with van der Waals surface area (Å²) in [6, 6.07) is 14.9. The van der Waals surface area contributed by atoms with Gasteiger partial charge in [-0.25, -0.2) is 0 Å². The molecule has 1 N–H and O–H groups in total. The van der Waals surface area contributed by atoms with Crippen LogP contribution in [0.3, 0.4) is 0 Å². The summed E-state index contributed by atoms with van der Waals surface area (Å²) in [5, 5.41) is 2.83. The summed E-state index contributed by atoms with van der Waals surface area (Å²) < 4.78 is 28.2. The lowest BCUT2D eigenvalue weighted by molar-refractivity contribution is -0.199. The van der Waals surface area contributed by atoms with Gasteiger partial charge in [0, 0.05) is 24.2 Å². The largest absolute Gasteiger partial charge is 0.470 e. The Morgan fingerprint density at radius 3 is 1.64 bits per heavy atom.